The van der Waals surface area contributed by atoms with E-state index in [4.69, 9.17) is 27.9 Å². The van der Waals surface area contributed by atoms with Gasteiger partial charge in [-0.15, -0.1) is 0 Å². The van der Waals surface area contributed by atoms with Gasteiger partial charge in [0, 0.05) is 6.08 Å². The number of aryl methyl sites for hydroxylation is 1. The summed E-state index contributed by atoms with van der Waals surface area (Å²) in [6.45, 7) is 1.37. The Kier molecular flexibility index (Phi) is 6.21. The van der Waals surface area contributed by atoms with Crippen LogP contribution in [0.1, 0.15) is 11.1 Å². The minimum Gasteiger partial charge on any atom is -0.452 e. The molecule has 4 nitrogen and oxygen atoms in total. The molecule has 0 spiro atoms. The normalized spacial score (nSPS) is 10.7. The predicted molar refractivity (Wildman–Crippen MR) is 94.1 cm³/mol. The number of hydrogen-bond donors (Lipinski definition) is 1. The van der Waals surface area contributed by atoms with Gasteiger partial charge < -0.3 is 10.1 Å². The Balaban J connectivity index is 1.88. The molecule has 1 aromatic heterocycles. The summed E-state index contributed by atoms with van der Waals surface area (Å²) in [5, 5.41) is 7.00. The smallest absolute Gasteiger partial charge is 0.331 e. The molecule has 2 aromatic rings. The summed E-state index contributed by atoms with van der Waals surface area (Å²) in [5.74, 6) is -1.12. The number of nitrogens with one attached hydrogen (secondary N) is 1. The van der Waals surface area contributed by atoms with Crippen molar-refractivity contribution in [3.63, 3.8) is 0 Å². The number of ether oxygens (including phenoxy) is 1. The molecule has 0 aliphatic heterocycles. The van der Waals surface area contributed by atoms with Crippen LogP contribution in [0.3, 0.4) is 0 Å². The number of halogens is 2. The number of esters is 1. The van der Waals surface area contributed by atoms with Gasteiger partial charge in [-0.3, -0.25) is 4.79 Å². The van der Waals surface area contributed by atoms with E-state index in [0.717, 1.165) is 11.1 Å². The third-order valence-electron chi connectivity index (χ3n) is 2.85. The van der Waals surface area contributed by atoms with Crippen molar-refractivity contribution in [2.75, 3.05) is 11.9 Å². The Hall–Kier alpha value is -1.82. The van der Waals surface area contributed by atoms with Gasteiger partial charge in [-0.05, 0) is 47.0 Å². The topological polar surface area (TPSA) is 55.4 Å². The van der Waals surface area contributed by atoms with E-state index in [9.17, 15) is 9.59 Å². The van der Waals surface area contributed by atoms with E-state index in [1.807, 2.05) is 16.8 Å². The lowest BCUT2D eigenvalue weighted by molar-refractivity contribution is -0.142. The molecule has 1 amide bonds. The van der Waals surface area contributed by atoms with Crippen LogP contribution in [0.5, 0.6) is 0 Å². The lowest BCUT2D eigenvalue weighted by atomic mass is 10.2. The van der Waals surface area contributed by atoms with Crippen LogP contribution in [0.25, 0.3) is 6.08 Å². The van der Waals surface area contributed by atoms with Crippen molar-refractivity contribution < 1.29 is 14.3 Å². The molecule has 7 heteroatoms. The maximum absolute atomic E-state index is 11.8. The zero-order valence-corrected chi connectivity index (χ0v) is 14.5. The molecular formula is C16H13Cl2NO3S. The molecule has 2 rings (SSSR count). The average molecular weight is 370 g/mol. The quantitative estimate of drug-likeness (QED) is 0.620. The summed E-state index contributed by atoms with van der Waals surface area (Å²) in [6, 6.07) is 5.24. The molecule has 1 heterocycles. The molecule has 0 atom stereocenters. The monoisotopic (exact) mass is 369 g/mol. The summed E-state index contributed by atoms with van der Waals surface area (Å²) >= 11 is 13.6. The molecular weight excluding hydrogens is 357 g/mol. The minimum absolute atomic E-state index is 0.309. The van der Waals surface area contributed by atoms with Crippen LogP contribution >= 0.6 is 34.5 Å². The number of rotatable bonds is 5. The van der Waals surface area contributed by atoms with Crippen LogP contribution < -0.4 is 5.32 Å². The van der Waals surface area contributed by atoms with Crippen LogP contribution in [-0.4, -0.2) is 18.5 Å². The second-order valence-corrected chi connectivity index (χ2v) is 6.16. The maximum atomic E-state index is 11.8. The fourth-order valence-electron chi connectivity index (χ4n) is 1.67. The molecule has 0 aliphatic carbocycles. The Morgan fingerprint density at radius 3 is 2.78 bits per heavy atom. The average Bonchev–Trinajstić information content (AvgIpc) is 3.04. The first-order valence-corrected chi connectivity index (χ1v) is 8.28. The van der Waals surface area contributed by atoms with Crippen LogP contribution in [-0.2, 0) is 14.3 Å². The second kappa shape index (κ2) is 8.15. The van der Waals surface area contributed by atoms with E-state index in [-0.39, 0.29) is 0 Å². The minimum atomic E-state index is -0.604. The van der Waals surface area contributed by atoms with E-state index in [2.05, 4.69) is 5.32 Å². The Labute approximate surface area is 147 Å². The van der Waals surface area contributed by atoms with Crippen molar-refractivity contribution >= 4 is 58.2 Å². The molecule has 0 saturated carbocycles. The van der Waals surface area contributed by atoms with E-state index in [0.29, 0.717) is 15.7 Å². The number of carbonyl (C=O) groups excluding carboxylic acids is 2. The van der Waals surface area contributed by atoms with Crippen molar-refractivity contribution in [3.8, 4) is 0 Å². The van der Waals surface area contributed by atoms with Crippen molar-refractivity contribution in [3.05, 3.63) is 56.2 Å². The molecule has 0 bridgehead atoms. The van der Waals surface area contributed by atoms with Gasteiger partial charge in [0.2, 0.25) is 0 Å². The summed E-state index contributed by atoms with van der Waals surface area (Å²) in [6.07, 6.45) is 2.88. The van der Waals surface area contributed by atoms with Gasteiger partial charge in [-0.1, -0.05) is 29.3 Å². The van der Waals surface area contributed by atoms with Crippen molar-refractivity contribution in [1.29, 1.82) is 0 Å². The first-order valence-electron chi connectivity index (χ1n) is 6.59. The Morgan fingerprint density at radius 2 is 2.09 bits per heavy atom. The zero-order chi connectivity index (χ0) is 16.8. The largest absolute Gasteiger partial charge is 0.452 e. The molecule has 120 valence electrons. The van der Waals surface area contributed by atoms with Gasteiger partial charge in [0.15, 0.2) is 6.61 Å². The number of anilines is 1. The van der Waals surface area contributed by atoms with Crippen molar-refractivity contribution in [1.82, 2.24) is 0 Å². The lowest BCUT2D eigenvalue weighted by Gasteiger charge is -2.11. The van der Waals surface area contributed by atoms with Crippen LogP contribution in [0.2, 0.25) is 10.0 Å². The highest BCUT2D eigenvalue weighted by atomic mass is 35.5. The van der Waals surface area contributed by atoms with E-state index < -0.39 is 18.5 Å². The summed E-state index contributed by atoms with van der Waals surface area (Å²) in [5.41, 5.74) is 1.99. The number of benzene rings is 1. The fraction of sp³-hybridized carbons (Fsp3) is 0.125. The Morgan fingerprint density at radius 1 is 1.30 bits per heavy atom. The molecule has 1 N–H and O–H groups in total. The van der Waals surface area contributed by atoms with Gasteiger partial charge in [-0.2, -0.15) is 11.3 Å². The maximum Gasteiger partial charge on any atom is 0.331 e. The molecule has 23 heavy (non-hydrogen) atoms. The fourth-order valence-corrected chi connectivity index (χ4v) is 2.76. The second-order valence-electron chi connectivity index (χ2n) is 4.60. The van der Waals surface area contributed by atoms with Gasteiger partial charge >= 0.3 is 5.97 Å². The zero-order valence-electron chi connectivity index (χ0n) is 12.1. The van der Waals surface area contributed by atoms with Crippen LogP contribution in [0.4, 0.5) is 5.69 Å². The number of thiophene rings is 1. The lowest BCUT2D eigenvalue weighted by Crippen LogP contribution is -2.20. The van der Waals surface area contributed by atoms with Crippen LogP contribution in [0, 0.1) is 6.92 Å². The van der Waals surface area contributed by atoms with Gasteiger partial charge in [0.05, 0.1) is 15.7 Å². The third-order valence-corrected chi connectivity index (χ3v) is 4.35. The SMILES string of the molecule is Cc1ccc(Cl)c(NC(=O)COC(=O)/C=C/c2ccsc2)c1Cl. The highest BCUT2D eigenvalue weighted by Gasteiger charge is 2.12. The molecule has 0 aliphatic rings. The standard InChI is InChI=1S/C16H13Cl2NO3S/c1-10-2-4-12(17)16(15(10)18)19-13(20)8-22-14(21)5-3-11-6-7-23-9-11/h2-7,9H,8H2,1H3,(H,19,20)/b5-3+. The molecule has 1 aromatic carbocycles. The Bertz CT molecular complexity index is 742. The van der Waals surface area contributed by atoms with E-state index >= 15 is 0 Å². The summed E-state index contributed by atoms with van der Waals surface area (Å²) < 4.78 is 4.86. The molecule has 0 saturated heterocycles. The third kappa shape index (κ3) is 5.10. The molecule has 0 fully saturated rings. The highest BCUT2D eigenvalue weighted by Crippen LogP contribution is 2.32. The van der Waals surface area contributed by atoms with Crippen molar-refractivity contribution in [2.24, 2.45) is 0 Å². The first kappa shape index (κ1) is 17.5. The summed E-state index contributed by atoms with van der Waals surface area (Å²) in [4.78, 5) is 23.4. The van der Waals surface area contributed by atoms with E-state index in [1.54, 1.807) is 25.1 Å². The number of carbonyl (C=O) groups is 2. The van der Waals surface area contributed by atoms with Crippen molar-refractivity contribution in [2.45, 2.75) is 6.92 Å². The van der Waals surface area contributed by atoms with E-state index in [1.165, 1.54) is 17.4 Å². The number of amides is 1. The first-order chi connectivity index (χ1) is 11.0. The van der Waals surface area contributed by atoms with Gasteiger partial charge in [0.1, 0.15) is 0 Å². The summed E-state index contributed by atoms with van der Waals surface area (Å²) in [7, 11) is 0. The van der Waals surface area contributed by atoms with Gasteiger partial charge in [0.25, 0.3) is 5.91 Å². The highest BCUT2D eigenvalue weighted by molar-refractivity contribution is 7.08. The number of hydrogen-bond acceptors (Lipinski definition) is 4. The molecule has 0 radical (unpaired) electrons. The van der Waals surface area contributed by atoms with Gasteiger partial charge in [-0.25, -0.2) is 4.79 Å². The molecule has 0 unspecified atom stereocenters. The predicted octanol–water partition coefficient (Wildman–Crippen LogP) is 4.56. The van der Waals surface area contributed by atoms with Crippen LogP contribution in [0.15, 0.2) is 35.0 Å².